The molecule has 4 heterocycles. The highest BCUT2D eigenvalue weighted by Crippen LogP contribution is 2.46. The Kier molecular flexibility index (Phi) is 3.20. The molecule has 23 heavy (non-hydrogen) atoms. The van der Waals surface area contributed by atoms with Gasteiger partial charge in [0, 0.05) is 24.5 Å². The minimum absolute atomic E-state index is 0.0635. The van der Waals surface area contributed by atoms with Crippen molar-refractivity contribution in [2.75, 3.05) is 0 Å². The van der Waals surface area contributed by atoms with Gasteiger partial charge in [0.1, 0.15) is 10.5 Å². The van der Waals surface area contributed by atoms with Crippen molar-refractivity contribution >= 4 is 38.6 Å². The number of carboxylic acid groups (broad SMARTS) is 1. The maximum Gasteiger partial charge on any atom is 0.308 e. The molecule has 0 saturated carbocycles. The lowest BCUT2D eigenvalue weighted by molar-refractivity contribution is -0.142. The van der Waals surface area contributed by atoms with Crippen LogP contribution in [0.15, 0.2) is 23.4 Å². The van der Waals surface area contributed by atoms with Crippen LogP contribution in [-0.2, 0) is 14.8 Å². The van der Waals surface area contributed by atoms with Crippen LogP contribution in [0.4, 0.5) is 0 Å². The molecule has 2 N–H and O–H groups in total. The third-order valence-electron chi connectivity index (χ3n) is 4.83. The molecule has 2 bridgehead atoms. The molecular weight excluding hydrogens is 342 g/mol. The van der Waals surface area contributed by atoms with E-state index in [1.165, 1.54) is 22.8 Å². The Hall–Kier alpha value is -1.64. The second kappa shape index (κ2) is 4.93. The van der Waals surface area contributed by atoms with Crippen molar-refractivity contribution in [2.24, 2.45) is 5.92 Å². The molecular formula is C14H14ClN3O4S. The number of nitrogens with zero attached hydrogens (tertiary/aromatic N) is 2. The number of aromatic amines is 1. The smallest absolute Gasteiger partial charge is 0.308 e. The van der Waals surface area contributed by atoms with E-state index in [0.29, 0.717) is 35.3 Å². The van der Waals surface area contributed by atoms with E-state index < -0.39 is 28.0 Å². The van der Waals surface area contributed by atoms with Gasteiger partial charge in [-0.25, -0.2) is 13.4 Å². The Bertz CT molecular complexity index is 910. The number of carboxylic acids is 1. The molecule has 7 nitrogen and oxygen atoms in total. The Balaban J connectivity index is 1.84. The van der Waals surface area contributed by atoms with Gasteiger partial charge >= 0.3 is 5.97 Å². The van der Waals surface area contributed by atoms with Crippen LogP contribution in [0.3, 0.4) is 0 Å². The molecule has 2 aromatic rings. The van der Waals surface area contributed by atoms with Crippen LogP contribution < -0.4 is 0 Å². The summed E-state index contributed by atoms with van der Waals surface area (Å²) in [4.78, 5) is 18.3. The first-order valence-electron chi connectivity index (χ1n) is 7.29. The second-order valence-electron chi connectivity index (χ2n) is 5.98. The molecule has 2 saturated heterocycles. The lowest BCUT2D eigenvalue weighted by atomic mass is 9.89. The number of rotatable bonds is 3. The van der Waals surface area contributed by atoms with E-state index >= 15 is 0 Å². The standard InChI is InChI=1S/C14H14ClN3O4S/c15-9-3-4-16-13-12(9)11(6-17-13)23(21,22)18-7-1-2-10(18)8(5-7)14(19)20/h3-4,6-8,10H,1-2,5H2,(H,16,17)(H,19,20). The maximum absolute atomic E-state index is 13.1. The first-order valence-corrected chi connectivity index (χ1v) is 9.11. The molecule has 0 spiro atoms. The van der Waals surface area contributed by atoms with Gasteiger partial charge in [-0.2, -0.15) is 4.31 Å². The molecule has 3 atom stereocenters. The zero-order chi connectivity index (χ0) is 16.4. The van der Waals surface area contributed by atoms with E-state index in [9.17, 15) is 18.3 Å². The summed E-state index contributed by atoms with van der Waals surface area (Å²) in [5.74, 6) is -1.57. The van der Waals surface area contributed by atoms with Crippen LogP contribution in [-0.4, -0.2) is 45.9 Å². The molecule has 2 fully saturated rings. The highest BCUT2D eigenvalue weighted by molar-refractivity contribution is 7.89. The van der Waals surface area contributed by atoms with Crippen LogP contribution in [0.1, 0.15) is 19.3 Å². The van der Waals surface area contributed by atoms with E-state index in [-0.39, 0.29) is 10.9 Å². The second-order valence-corrected chi connectivity index (χ2v) is 8.20. The van der Waals surface area contributed by atoms with Crippen molar-refractivity contribution in [1.82, 2.24) is 14.3 Å². The lowest BCUT2D eigenvalue weighted by Crippen LogP contribution is -2.37. The van der Waals surface area contributed by atoms with E-state index in [1.54, 1.807) is 0 Å². The van der Waals surface area contributed by atoms with Gasteiger partial charge in [-0.15, -0.1) is 0 Å². The zero-order valence-electron chi connectivity index (χ0n) is 11.9. The molecule has 0 aliphatic carbocycles. The number of aromatic nitrogens is 2. The monoisotopic (exact) mass is 355 g/mol. The lowest BCUT2D eigenvalue weighted by Gasteiger charge is -2.22. The first kappa shape index (κ1) is 14.9. The van der Waals surface area contributed by atoms with E-state index in [2.05, 4.69) is 9.97 Å². The number of carbonyl (C=O) groups is 1. The molecule has 2 aliphatic rings. The normalized spacial score (nSPS) is 27.8. The van der Waals surface area contributed by atoms with Gasteiger partial charge in [0.25, 0.3) is 0 Å². The van der Waals surface area contributed by atoms with Gasteiger partial charge in [0.2, 0.25) is 10.0 Å². The number of halogens is 1. The van der Waals surface area contributed by atoms with Crippen LogP contribution >= 0.6 is 11.6 Å². The summed E-state index contributed by atoms with van der Waals surface area (Å²) in [5.41, 5.74) is 0.400. The van der Waals surface area contributed by atoms with Crippen molar-refractivity contribution in [1.29, 1.82) is 0 Å². The number of hydrogen-bond acceptors (Lipinski definition) is 4. The van der Waals surface area contributed by atoms with E-state index in [1.807, 2.05) is 0 Å². The minimum atomic E-state index is -3.83. The fraction of sp³-hybridized carbons (Fsp3) is 0.429. The Morgan fingerprint density at radius 1 is 1.43 bits per heavy atom. The average molecular weight is 356 g/mol. The van der Waals surface area contributed by atoms with E-state index in [0.717, 1.165) is 0 Å². The largest absolute Gasteiger partial charge is 0.481 e. The van der Waals surface area contributed by atoms with Gasteiger partial charge in [0.05, 0.1) is 16.3 Å². The summed E-state index contributed by atoms with van der Waals surface area (Å²) in [7, 11) is -3.83. The predicted octanol–water partition coefficient (Wildman–Crippen LogP) is 1.84. The first-order chi connectivity index (χ1) is 10.9. The van der Waals surface area contributed by atoms with Gasteiger partial charge in [-0.05, 0) is 25.3 Å². The van der Waals surface area contributed by atoms with Crippen LogP contribution in [0.5, 0.6) is 0 Å². The van der Waals surface area contributed by atoms with Gasteiger partial charge < -0.3 is 10.1 Å². The molecule has 2 aliphatic heterocycles. The Labute approximate surface area is 137 Å². The van der Waals surface area contributed by atoms with Crippen LogP contribution in [0, 0.1) is 5.92 Å². The van der Waals surface area contributed by atoms with Crippen molar-refractivity contribution in [3.05, 3.63) is 23.5 Å². The maximum atomic E-state index is 13.1. The van der Waals surface area contributed by atoms with Crippen LogP contribution in [0.25, 0.3) is 11.0 Å². The molecule has 3 unspecified atom stereocenters. The fourth-order valence-corrected chi connectivity index (χ4v) is 6.28. The van der Waals surface area contributed by atoms with Crippen molar-refractivity contribution in [2.45, 2.75) is 36.2 Å². The summed E-state index contributed by atoms with van der Waals surface area (Å²) >= 11 is 6.15. The van der Waals surface area contributed by atoms with Gasteiger partial charge in [0.15, 0.2) is 0 Å². The van der Waals surface area contributed by atoms with Crippen LogP contribution in [0.2, 0.25) is 5.02 Å². The van der Waals surface area contributed by atoms with E-state index in [4.69, 9.17) is 11.6 Å². The van der Waals surface area contributed by atoms with Crippen molar-refractivity contribution in [3.63, 3.8) is 0 Å². The quantitative estimate of drug-likeness (QED) is 0.874. The number of fused-ring (bicyclic) bond motifs is 3. The Morgan fingerprint density at radius 3 is 2.91 bits per heavy atom. The fourth-order valence-electron chi connectivity index (χ4n) is 3.88. The molecule has 0 aromatic carbocycles. The summed E-state index contributed by atoms with van der Waals surface area (Å²) < 4.78 is 27.6. The average Bonchev–Trinajstić information content (AvgIpc) is 3.19. The molecule has 2 aromatic heterocycles. The molecule has 0 radical (unpaired) electrons. The molecule has 4 rings (SSSR count). The van der Waals surface area contributed by atoms with Crippen molar-refractivity contribution in [3.8, 4) is 0 Å². The van der Waals surface area contributed by atoms with Gasteiger partial charge in [-0.1, -0.05) is 11.6 Å². The number of aliphatic carboxylic acids is 1. The number of nitrogens with one attached hydrogen (secondary N) is 1. The Morgan fingerprint density at radius 2 is 2.22 bits per heavy atom. The molecule has 0 amide bonds. The van der Waals surface area contributed by atoms with Gasteiger partial charge in [-0.3, -0.25) is 4.79 Å². The highest BCUT2D eigenvalue weighted by Gasteiger charge is 2.54. The summed E-state index contributed by atoms with van der Waals surface area (Å²) in [6, 6.07) is 0.796. The molecule has 9 heteroatoms. The number of hydrogen-bond donors (Lipinski definition) is 2. The number of H-pyrrole nitrogens is 1. The summed E-state index contributed by atoms with van der Waals surface area (Å²) in [6.07, 6.45) is 4.52. The zero-order valence-corrected chi connectivity index (χ0v) is 13.5. The summed E-state index contributed by atoms with van der Waals surface area (Å²) in [5, 5.41) is 9.96. The van der Waals surface area contributed by atoms with Crippen molar-refractivity contribution < 1.29 is 18.3 Å². The summed E-state index contributed by atoms with van der Waals surface area (Å²) in [6.45, 7) is 0. The molecule has 122 valence electrons. The number of sulfonamides is 1. The third kappa shape index (κ3) is 2.02. The predicted molar refractivity (Wildman–Crippen MR) is 82.7 cm³/mol. The SMILES string of the molecule is O=C(O)C1CC2CCC1N2S(=O)(=O)c1c[nH]c2nccc(Cl)c12. The minimum Gasteiger partial charge on any atom is -0.481 e. The highest BCUT2D eigenvalue weighted by atomic mass is 35.5. The topological polar surface area (TPSA) is 103 Å². The number of pyridine rings is 1. The third-order valence-corrected chi connectivity index (χ3v) is 7.15.